The van der Waals surface area contributed by atoms with Gasteiger partial charge in [-0.1, -0.05) is 23.7 Å². The first kappa shape index (κ1) is 30.3. The van der Waals surface area contributed by atoms with Gasteiger partial charge in [-0.15, -0.1) is 13.2 Å². The predicted molar refractivity (Wildman–Crippen MR) is 149 cm³/mol. The van der Waals surface area contributed by atoms with Crippen molar-refractivity contribution in [1.29, 1.82) is 0 Å². The number of halogens is 5. The predicted octanol–water partition coefficient (Wildman–Crippen LogP) is 6.32. The van der Waals surface area contributed by atoms with Gasteiger partial charge in [-0.3, -0.25) is 9.59 Å². The van der Waals surface area contributed by atoms with Crippen molar-refractivity contribution in [1.82, 2.24) is 0 Å². The number of hydrogen-bond donors (Lipinski definition) is 1. The van der Waals surface area contributed by atoms with Crippen LogP contribution in [-0.4, -0.2) is 45.6 Å². The highest BCUT2D eigenvalue weighted by atomic mass is 35.5. The summed E-state index contributed by atoms with van der Waals surface area (Å²) in [6, 6.07) is 12.3. The fourth-order valence-corrected chi connectivity index (χ4v) is 5.14. The lowest BCUT2D eigenvalue weighted by atomic mass is 10.0. The number of nitrogens with zero attached hydrogens (tertiary/aromatic N) is 1. The standard InChI is InChI=1S/C30H27ClF4N2O6/c1-40-21-11-20(12-22(13-21)42-15-18-9-23(18)29(39)41-2)36-27(16-3-5-19(31)6-4-16)28(38)37-8-7-17-10-24(32)26(14-25(17)37)43-30(33,34)35/h3-6,10-14,18,23,27,36H,7-9,15H2,1-2H3/t18-,23+,27?/m0/s1. The number of carbonyl (C=O) groups is 2. The minimum Gasteiger partial charge on any atom is -0.497 e. The number of nitrogens with one attached hydrogen (secondary N) is 1. The minimum atomic E-state index is -5.11. The lowest BCUT2D eigenvalue weighted by molar-refractivity contribution is -0.275. The fourth-order valence-electron chi connectivity index (χ4n) is 5.02. The highest BCUT2D eigenvalue weighted by molar-refractivity contribution is 6.30. The summed E-state index contributed by atoms with van der Waals surface area (Å²) < 4.78 is 73.0. The molecular weight excluding hydrogens is 596 g/mol. The van der Waals surface area contributed by atoms with Crippen molar-refractivity contribution < 1.29 is 46.1 Å². The van der Waals surface area contributed by atoms with Crippen molar-refractivity contribution in [3.63, 3.8) is 0 Å². The molecule has 0 radical (unpaired) electrons. The number of hydrogen-bond acceptors (Lipinski definition) is 7. The molecule has 13 heteroatoms. The van der Waals surface area contributed by atoms with Gasteiger partial charge in [0.2, 0.25) is 0 Å². The average molecular weight is 623 g/mol. The smallest absolute Gasteiger partial charge is 0.497 e. The molecule has 1 amide bonds. The second-order valence-electron chi connectivity index (χ2n) is 10.2. The van der Waals surface area contributed by atoms with Crippen LogP contribution in [0.15, 0.2) is 54.6 Å². The lowest BCUT2D eigenvalue weighted by Gasteiger charge is -2.27. The van der Waals surface area contributed by atoms with Gasteiger partial charge in [0, 0.05) is 47.4 Å². The summed E-state index contributed by atoms with van der Waals surface area (Å²) in [6.07, 6.45) is -4.21. The van der Waals surface area contributed by atoms with E-state index in [0.717, 1.165) is 12.1 Å². The molecule has 1 aliphatic heterocycles. The largest absolute Gasteiger partial charge is 0.573 e. The van der Waals surface area contributed by atoms with E-state index in [2.05, 4.69) is 10.1 Å². The van der Waals surface area contributed by atoms with Crippen LogP contribution in [-0.2, 0) is 20.7 Å². The second kappa shape index (κ2) is 12.2. The van der Waals surface area contributed by atoms with Crippen LogP contribution < -0.4 is 24.4 Å². The molecule has 3 atom stereocenters. The van der Waals surface area contributed by atoms with Crippen LogP contribution in [0.25, 0.3) is 0 Å². The zero-order chi connectivity index (χ0) is 30.9. The van der Waals surface area contributed by atoms with E-state index in [1.165, 1.54) is 19.1 Å². The molecular formula is C30H27ClF4N2O6. The molecule has 43 heavy (non-hydrogen) atoms. The van der Waals surface area contributed by atoms with Gasteiger partial charge >= 0.3 is 12.3 Å². The molecule has 0 bridgehead atoms. The third kappa shape index (κ3) is 7.07. The Bertz CT molecular complexity index is 1520. The summed E-state index contributed by atoms with van der Waals surface area (Å²) in [5.41, 5.74) is 1.45. The number of carbonyl (C=O) groups excluding carboxylic acids is 2. The van der Waals surface area contributed by atoms with Crippen LogP contribution in [0.3, 0.4) is 0 Å². The highest BCUT2D eigenvalue weighted by Gasteiger charge is 2.44. The van der Waals surface area contributed by atoms with E-state index >= 15 is 0 Å². The second-order valence-corrected chi connectivity index (χ2v) is 10.6. The van der Waals surface area contributed by atoms with Crippen molar-refractivity contribution >= 4 is 34.9 Å². The molecule has 3 aromatic carbocycles. The highest BCUT2D eigenvalue weighted by Crippen LogP contribution is 2.41. The van der Waals surface area contributed by atoms with E-state index in [9.17, 15) is 27.2 Å². The average Bonchev–Trinajstić information content (AvgIpc) is 3.65. The number of rotatable bonds is 10. The monoisotopic (exact) mass is 622 g/mol. The zero-order valence-corrected chi connectivity index (χ0v) is 23.8. The summed E-state index contributed by atoms with van der Waals surface area (Å²) in [5, 5.41) is 3.63. The van der Waals surface area contributed by atoms with Crippen molar-refractivity contribution in [3.8, 4) is 17.2 Å². The molecule has 2 aliphatic rings. The number of esters is 1. The SMILES string of the molecule is COC(=O)[C@@H]1C[C@H]1COc1cc(NC(C(=O)N2CCc3cc(F)c(OC(F)(F)F)cc32)c2ccc(Cl)cc2)cc(OC)c1. The lowest BCUT2D eigenvalue weighted by Crippen LogP contribution is -2.37. The van der Waals surface area contributed by atoms with E-state index in [4.69, 9.17) is 25.8 Å². The molecule has 5 rings (SSSR count). The van der Waals surface area contributed by atoms with Crippen LogP contribution in [0.1, 0.15) is 23.6 Å². The van der Waals surface area contributed by atoms with Gasteiger partial charge in [0.1, 0.15) is 17.5 Å². The zero-order valence-electron chi connectivity index (χ0n) is 23.0. The molecule has 1 heterocycles. The van der Waals surface area contributed by atoms with Crippen molar-refractivity contribution in [3.05, 3.63) is 76.6 Å². The maximum Gasteiger partial charge on any atom is 0.573 e. The van der Waals surface area contributed by atoms with Crippen LogP contribution >= 0.6 is 11.6 Å². The molecule has 1 fully saturated rings. The molecule has 1 aliphatic carbocycles. The van der Waals surface area contributed by atoms with Crippen LogP contribution in [0.4, 0.5) is 28.9 Å². The molecule has 3 aromatic rings. The Morgan fingerprint density at radius 2 is 1.79 bits per heavy atom. The summed E-state index contributed by atoms with van der Waals surface area (Å²) in [6.45, 7) is 0.388. The van der Waals surface area contributed by atoms with Gasteiger partial charge < -0.3 is 29.2 Å². The van der Waals surface area contributed by atoms with Gasteiger partial charge in [-0.2, -0.15) is 0 Å². The van der Waals surface area contributed by atoms with Gasteiger partial charge in [0.15, 0.2) is 11.6 Å². The molecule has 228 valence electrons. The first-order valence-electron chi connectivity index (χ1n) is 13.3. The summed E-state index contributed by atoms with van der Waals surface area (Å²) in [4.78, 5) is 27.1. The normalized spacial score (nSPS) is 18.0. The first-order valence-corrected chi connectivity index (χ1v) is 13.6. The van der Waals surface area contributed by atoms with E-state index in [-0.39, 0.29) is 43.1 Å². The Labute approximate surface area is 249 Å². The van der Waals surface area contributed by atoms with Crippen molar-refractivity contribution in [2.45, 2.75) is 25.2 Å². The molecule has 1 saturated carbocycles. The van der Waals surface area contributed by atoms with Crippen LogP contribution in [0.5, 0.6) is 17.2 Å². The summed E-state index contributed by atoms with van der Waals surface area (Å²) >= 11 is 6.08. The topological polar surface area (TPSA) is 86.3 Å². The number of ether oxygens (including phenoxy) is 4. The number of amides is 1. The number of alkyl halides is 3. The Hall–Kier alpha value is -4.19. The van der Waals surface area contributed by atoms with E-state index in [1.54, 1.807) is 42.5 Å². The quantitative estimate of drug-likeness (QED) is 0.209. The minimum absolute atomic E-state index is 0.0183. The fraction of sp³-hybridized carbons (Fsp3) is 0.333. The number of benzene rings is 3. The maximum atomic E-state index is 14.4. The van der Waals surface area contributed by atoms with Crippen LogP contribution in [0, 0.1) is 17.7 Å². The van der Waals surface area contributed by atoms with Gasteiger partial charge in [0.05, 0.1) is 32.4 Å². The van der Waals surface area contributed by atoms with Gasteiger partial charge in [-0.05, 0) is 42.2 Å². The number of anilines is 2. The maximum absolute atomic E-state index is 14.4. The van der Waals surface area contributed by atoms with Crippen molar-refractivity contribution in [2.75, 3.05) is 37.6 Å². The third-order valence-electron chi connectivity index (χ3n) is 7.29. The van der Waals surface area contributed by atoms with Crippen LogP contribution in [0.2, 0.25) is 5.02 Å². The Morgan fingerprint density at radius 3 is 2.47 bits per heavy atom. The van der Waals surface area contributed by atoms with Gasteiger partial charge in [0.25, 0.3) is 5.91 Å². The van der Waals surface area contributed by atoms with Crippen molar-refractivity contribution in [2.24, 2.45) is 11.8 Å². The molecule has 0 saturated heterocycles. The summed E-state index contributed by atoms with van der Waals surface area (Å²) in [7, 11) is 2.81. The van der Waals surface area contributed by atoms with Gasteiger partial charge in [-0.25, -0.2) is 4.39 Å². The first-order chi connectivity index (χ1) is 20.5. The molecule has 0 aromatic heterocycles. The Morgan fingerprint density at radius 1 is 1.07 bits per heavy atom. The third-order valence-corrected chi connectivity index (χ3v) is 7.54. The molecule has 1 unspecified atom stereocenters. The van der Waals surface area contributed by atoms with E-state index in [1.807, 2.05) is 0 Å². The number of methoxy groups -OCH3 is 2. The van der Waals surface area contributed by atoms with E-state index < -0.39 is 29.9 Å². The molecule has 0 spiro atoms. The number of fused-ring (bicyclic) bond motifs is 1. The molecule has 8 nitrogen and oxygen atoms in total. The Kier molecular flexibility index (Phi) is 8.59. The summed E-state index contributed by atoms with van der Waals surface area (Å²) in [5.74, 6) is -2.32. The Balaban J connectivity index is 1.42. The van der Waals surface area contributed by atoms with E-state index in [0.29, 0.717) is 39.8 Å². The molecule has 1 N–H and O–H groups in total.